The van der Waals surface area contributed by atoms with Gasteiger partial charge in [-0.2, -0.15) is 0 Å². The summed E-state index contributed by atoms with van der Waals surface area (Å²) in [4.78, 5) is 0. The first-order valence-electron chi connectivity index (χ1n) is 5.72. The van der Waals surface area contributed by atoms with Gasteiger partial charge in [0.2, 0.25) is 12.4 Å². The van der Waals surface area contributed by atoms with Crippen LogP contribution in [0.2, 0.25) is 0 Å². The number of benzene rings is 1. The van der Waals surface area contributed by atoms with Crippen LogP contribution in [0.1, 0.15) is 19.4 Å². The third-order valence-corrected chi connectivity index (χ3v) is 2.03. The Balaban J connectivity index is 0.000000686. The summed E-state index contributed by atoms with van der Waals surface area (Å²) in [5, 5.41) is 9.00. The van der Waals surface area contributed by atoms with Crippen molar-refractivity contribution in [2.24, 2.45) is 0 Å². The lowest BCUT2D eigenvalue weighted by atomic mass is 10.2. The van der Waals surface area contributed by atoms with Crippen molar-refractivity contribution in [1.82, 2.24) is 0 Å². The summed E-state index contributed by atoms with van der Waals surface area (Å²) in [5.74, 6) is 0.740. The molecular weight excluding hydrogens is 214 g/mol. The minimum Gasteiger partial charge on any atom is -0.488 e. The standard InChI is InChI=1S/C12H12NO2.C2H6/c14-13-8-6-12(7-9-13)15-10-11-4-2-1-3-5-11;1-2/h1-9,14H,10H2;1-2H3/q+1;. The molecule has 3 nitrogen and oxygen atoms in total. The van der Waals surface area contributed by atoms with Crippen LogP contribution in [0.15, 0.2) is 54.9 Å². The Morgan fingerprint density at radius 1 is 1.00 bits per heavy atom. The van der Waals surface area contributed by atoms with Crippen LogP contribution in [0.25, 0.3) is 0 Å². The van der Waals surface area contributed by atoms with E-state index in [-0.39, 0.29) is 0 Å². The summed E-state index contributed by atoms with van der Waals surface area (Å²) in [6.45, 7) is 4.54. The van der Waals surface area contributed by atoms with Crippen LogP contribution in [0.3, 0.4) is 0 Å². The summed E-state index contributed by atoms with van der Waals surface area (Å²) in [6, 6.07) is 13.4. The van der Waals surface area contributed by atoms with E-state index in [1.165, 1.54) is 12.4 Å². The first-order chi connectivity index (χ1) is 8.34. The largest absolute Gasteiger partial charge is 0.488 e. The van der Waals surface area contributed by atoms with Crippen molar-refractivity contribution in [1.29, 1.82) is 0 Å². The molecule has 3 heteroatoms. The molecule has 0 saturated heterocycles. The molecule has 0 aliphatic rings. The highest BCUT2D eigenvalue weighted by atomic mass is 16.5. The van der Waals surface area contributed by atoms with Gasteiger partial charge in [-0.25, -0.2) is 0 Å². The monoisotopic (exact) mass is 232 g/mol. The average molecular weight is 232 g/mol. The maximum Gasteiger partial charge on any atom is 0.225 e. The van der Waals surface area contributed by atoms with Crippen LogP contribution in [-0.2, 0) is 6.61 Å². The topological polar surface area (TPSA) is 33.3 Å². The predicted octanol–water partition coefficient (Wildman–Crippen LogP) is 2.82. The van der Waals surface area contributed by atoms with E-state index in [1.54, 1.807) is 12.1 Å². The molecule has 0 atom stereocenters. The first kappa shape index (κ1) is 13.0. The molecule has 0 unspecified atom stereocenters. The van der Waals surface area contributed by atoms with Gasteiger partial charge in [0.25, 0.3) is 0 Å². The molecule has 1 heterocycles. The van der Waals surface area contributed by atoms with Crippen molar-refractivity contribution >= 4 is 0 Å². The lowest BCUT2D eigenvalue weighted by Gasteiger charge is -2.04. The number of ether oxygens (including phenoxy) is 1. The van der Waals surface area contributed by atoms with Gasteiger partial charge in [-0.3, -0.25) is 5.21 Å². The lowest BCUT2D eigenvalue weighted by Crippen LogP contribution is -2.27. The Kier molecular flexibility index (Phi) is 5.58. The molecule has 1 N–H and O–H groups in total. The van der Waals surface area contributed by atoms with E-state index in [9.17, 15) is 0 Å². The molecule has 0 saturated carbocycles. The lowest BCUT2D eigenvalue weighted by molar-refractivity contribution is -0.904. The normalized spacial score (nSPS) is 9.06. The summed E-state index contributed by atoms with van der Waals surface area (Å²) in [6.07, 6.45) is 3.06. The van der Waals surface area contributed by atoms with E-state index in [0.717, 1.165) is 16.0 Å². The van der Waals surface area contributed by atoms with E-state index in [1.807, 2.05) is 44.2 Å². The SMILES string of the molecule is CC.O[n+]1ccc(OCc2ccccc2)cc1. The summed E-state index contributed by atoms with van der Waals surface area (Å²) >= 11 is 0. The zero-order valence-corrected chi connectivity index (χ0v) is 10.2. The van der Waals surface area contributed by atoms with Crippen molar-refractivity contribution in [3.05, 3.63) is 60.4 Å². The van der Waals surface area contributed by atoms with Crippen molar-refractivity contribution < 1.29 is 14.7 Å². The number of hydrogen-bond donors (Lipinski definition) is 1. The van der Waals surface area contributed by atoms with Crippen molar-refractivity contribution in [2.45, 2.75) is 20.5 Å². The molecular formula is C14H18NO2+. The third kappa shape index (κ3) is 4.55. The van der Waals surface area contributed by atoms with E-state index in [4.69, 9.17) is 9.94 Å². The summed E-state index contributed by atoms with van der Waals surface area (Å²) in [5.41, 5.74) is 1.12. The minimum absolute atomic E-state index is 0.538. The quantitative estimate of drug-likeness (QED) is 0.652. The maximum atomic E-state index is 9.00. The fourth-order valence-corrected chi connectivity index (χ4v) is 1.24. The second-order valence-corrected chi connectivity index (χ2v) is 3.19. The Morgan fingerprint density at radius 2 is 1.59 bits per heavy atom. The molecule has 0 spiro atoms. The van der Waals surface area contributed by atoms with E-state index in [0.29, 0.717) is 6.61 Å². The van der Waals surface area contributed by atoms with Gasteiger partial charge in [-0.1, -0.05) is 44.2 Å². The number of rotatable bonds is 3. The van der Waals surface area contributed by atoms with Gasteiger partial charge in [-0.05, 0) is 5.56 Å². The average Bonchev–Trinajstić information content (AvgIpc) is 2.42. The smallest absolute Gasteiger partial charge is 0.225 e. The van der Waals surface area contributed by atoms with Crippen LogP contribution >= 0.6 is 0 Å². The fourth-order valence-electron chi connectivity index (χ4n) is 1.24. The fraction of sp³-hybridized carbons (Fsp3) is 0.214. The number of pyridine rings is 1. The number of nitrogens with zero attached hydrogens (tertiary/aromatic N) is 1. The first-order valence-corrected chi connectivity index (χ1v) is 5.72. The van der Waals surface area contributed by atoms with Crippen molar-refractivity contribution in [2.75, 3.05) is 0 Å². The zero-order chi connectivity index (χ0) is 12.5. The molecule has 2 aromatic rings. The molecule has 0 aliphatic carbocycles. The highest BCUT2D eigenvalue weighted by Gasteiger charge is 1.98. The van der Waals surface area contributed by atoms with Crippen LogP contribution in [0.4, 0.5) is 0 Å². The number of hydrogen-bond acceptors (Lipinski definition) is 2. The third-order valence-electron chi connectivity index (χ3n) is 2.03. The van der Waals surface area contributed by atoms with Crippen molar-refractivity contribution in [3.8, 4) is 5.75 Å². The Labute approximate surface area is 102 Å². The highest BCUT2D eigenvalue weighted by Crippen LogP contribution is 2.09. The second-order valence-electron chi connectivity index (χ2n) is 3.19. The Bertz CT molecular complexity index is 412. The molecule has 0 radical (unpaired) electrons. The molecule has 17 heavy (non-hydrogen) atoms. The van der Waals surface area contributed by atoms with Gasteiger partial charge >= 0.3 is 0 Å². The summed E-state index contributed by atoms with van der Waals surface area (Å²) in [7, 11) is 0. The molecule has 0 bridgehead atoms. The predicted molar refractivity (Wildman–Crippen MR) is 65.9 cm³/mol. The van der Waals surface area contributed by atoms with Crippen LogP contribution < -0.4 is 9.47 Å². The molecule has 1 aromatic heterocycles. The van der Waals surface area contributed by atoms with Gasteiger partial charge < -0.3 is 4.74 Å². The molecule has 90 valence electrons. The van der Waals surface area contributed by atoms with Gasteiger partial charge in [0.1, 0.15) is 12.4 Å². The second kappa shape index (κ2) is 7.28. The van der Waals surface area contributed by atoms with E-state index >= 15 is 0 Å². The van der Waals surface area contributed by atoms with Crippen molar-refractivity contribution in [3.63, 3.8) is 0 Å². The molecule has 0 fully saturated rings. The molecule has 0 amide bonds. The van der Waals surface area contributed by atoms with Gasteiger partial charge in [-0.15, -0.1) is 0 Å². The summed E-state index contributed by atoms with van der Waals surface area (Å²) < 4.78 is 6.50. The Morgan fingerprint density at radius 3 is 2.18 bits per heavy atom. The molecule has 1 aromatic carbocycles. The minimum atomic E-state index is 0.538. The Hall–Kier alpha value is -2.03. The molecule has 2 rings (SSSR count). The zero-order valence-electron chi connectivity index (χ0n) is 10.2. The molecule has 0 aliphatic heterocycles. The van der Waals surface area contributed by atoms with Crippen LogP contribution in [0.5, 0.6) is 5.75 Å². The highest BCUT2D eigenvalue weighted by molar-refractivity contribution is 5.18. The van der Waals surface area contributed by atoms with E-state index < -0.39 is 0 Å². The van der Waals surface area contributed by atoms with Crippen LogP contribution in [0, 0.1) is 0 Å². The van der Waals surface area contributed by atoms with Gasteiger partial charge in [0.15, 0.2) is 0 Å². The van der Waals surface area contributed by atoms with Gasteiger partial charge in [0, 0.05) is 16.9 Å². The van der Waals surface area contributed by atoms with Crippen LogP contribution in [-0.4, -0.2) is 5.21 Å². The number of aromatic nitrogens is 1. The van der Waals surface area contributed by atoms with Gasteiger partial charge in [0.05, 0.1) is 0 Å². The maximum absolute atomic E-state index is 9.00. The van der Waals surface area contributed by atoms with E-state index in [2.05, 4.69) is 0 Å².